The van der Waals surface area contributed by atoms with Gasteiger partial charge in [-0.1, -0.05) is 38.1 Å². The maximum Gasteiger partial charge on any atom is 0.233 e. The van der Waals surface area contributed by atoms with Gasteiger partial charge in [0.05, 0.1) is 5.75 Å². The first-order valence-corrected chi connectivity index (χ1v) is 9.24. The SMILES string of the molecule is CC(C)c1ccc(C23CC(CS(=O)(=O)Cl)(C2)C3)cc1. The van der Waals surface area contributed by atoms with Crippen molar-refractivity contribution >= 4 is 19.7 Å². The smallest absolute Gasteiger partial charge is 0.212 e. The normalized spacial score (nSPS) is 32.8. The molecular formula is C15H19ClO2S. The summed E-state index contributed by atoms with van der Waals surface area (Å²) in [4.78, 5) is 0. The van der Waals surface area contributed by atoms with Gasteiger partial charge in [-0.15, -0.1) is 0 Å². The zero-order chi connectivity index (χ0) is 13.9. The summed E-state index contributed by atoms with van der Waals surface area (Å²) in [6.45, 7) is 4.38. The molecule has 0 radical (unpaired) electrons. The maximum atomic E-state index is 11.2. The van der Waals surface area contributed by atoms with Crippen molar-refractivity contribution < 1.29 is 8.42 Å². The summed E-state index contributed by atoms with van der Waals surface area (Å²) in [6.07, 6.45) is 2.94. The van der Waals surface area contributed by atoms with Crippen LogP contribution in [0.15, 0.2) is 24.3 Å². The fourth-order valence-corrected chi connectivity index (χ4v) is 5.78. The van der Waals surface area contributed by atoms with Gasteiger partial charge in [-0.05, 0) is 47.1 Å². The highest BCUT2D eigenvalue weighted by Crippen LogP contribution is 2.74. The van der Waals surface area contributed by atoms with Crippen LogP contribution in [0.1, 0.15) is 50.2 Å². The van der Waals surface area contributed by atoms with Gasteiger partial charge in [-0.25, -0.2) is 8.42 Å². The monoisotopic (exact) mass is 298 g/mol. The minimum absolute atomic E-state index is 0.0166. The van der Waals surface area contributed by atoms with Crippen molar-refractivity contribution in [2.45, 2.75) is 44.4 Å². The standard InChI is InChI=1S/C15H19ClO2S/c1-11(2)12-3-5-13(6-4-12)15-7-14(8-15,9-15)10-19(16,17)18/h3-6,11H,7-10H2,1-2H3. The van der Waals surface area contributed by atoms with Gasteiger partial charge in [-0.3, -0.25) is 0 Å². The molecule has 0 aliphatic heterocycles. The highest BCUT2D eigenvalue weighted by molar-refractivity contribution is 8.13. The van der Waals surface area contributed by atoms with Crippen molar-refractivity contribution in [2.24, 2.45) is 5.41 Å². The van der Waals surface area contributed by atoms with Crippen LogP contribution in [0.2, 0.25) is 0 Å². The Hall–Kier alpha value is -0.540. The molecule has 3 aliphatic carbocycles. The summed E-state index contributed by atoms with van der Waals surface area (Å²) in [5.41, 5.74) is 2.95. The van der Waals surface area contributed by atoms with Crippen LogP contribution in [0.4, 0.5) is 0 Å². The van der Waals surface area contributed by atoms with Crippen molar-refractivity contribution in [1.29, 1.82) is 0 Å². The minimum Gasteiger partial charge on any atom is -0.212 e. The molecule has 2 bridgehead atoms. The molecule has 1 aromatic carbocycles. The van der Waals surface area contributed by atoms with Gasteiger partial charge in [0.15, 0.2) is 0 Å². The molecule has 3 fully saturated rings. The van der Waals surface area contributed by atoms with E-state index in [2.05, 4.69) is 38.1 Å². The molecule has 104 valence electrons. The minimum atomic E-state index is -3.36. The highest BCUT2D eigenvalue weighted by atomic mass is 35.7. The number of hydrogen-bond donors (Lipinski definition) is 0. The van der Waals surface area contributed by atoms with Gasteiger partial charge in [-0.2, -0.15) is 0 Å². The molecule has 3 saturated carbocycles. The second kappa shape index (κ2) is 3.98. The Bertz CT molecular complexity index is 582. The number of halogens is 1. The van der Waals surface area contributed by atoms with E-state index in [0.717, 1.165) is 19.3 Å². The van der Waals surface area contributed by atoms with E-state index >= 15 is 0 Å². The van der Waals surface area contributed by atoms with Crippen molar-refractivity contribution in [3.63, 3.8) is 0 Å². The van der Waals surface area contributed by atoms with Crippen molar-refractivity contribution in [1.82, 2.24) is 0 Å². The van der Waals surface area contributed by atoms with E-state index in [1.807, 2.05) is 0 Å². The summed E-state index contributed by atoms with van der Waals surface area (Å²) in [5, 5.41) is 0. The second-order valence-electron chi connectivity index (χ2n) is 6.77. The molecule has 4 heteroatoms. The summed E-state index contributed by atoms with van der Waals surface area (Å²) in [6, 6.07) is 8.83. The van der Waals surface area contributed by atoms with Crippen LogP contribution in [0.3, 0.4) is 0 Å². The first-order chi connectivity index (χ1) is 8.74. The molecule has 1 aromatic rings. The third kappa shape index (κ3) is 2.21. The van der Waals surface area contributed by atoms with E-state index < -0.39 is 9.05 Å². The molecule has 0 saturated heterocycles. The highest BCUT2D eigenvalue weighted by Gasteiger charge is 2.68. The van der Waals surface area contributed by atoms with Gasteiger partial charge >= 0.3 is 0 Å². The maximum absolute atomic E-state index is 11.2. The van der Waals surface area contributed by atoms with Crippen molar-refractivity contribution in [3.05, 3.63) is 35.4 Å². The Morgan fingerprint density at radius 1 is 1.16 bits per heavy atom. The molecule has 2 nitrogen and oxygen atoms in total. The van der Waals surface area contributed by atoms with Gasteiger partial charge in [0.2, 0.25) is 9.05 Å². The molecule has 0 heterocycles. The number of benzene rings is 1. The topological polar surface area (TPSA) is 34.1 Å². The average molecular weight is 299 g/mol. The predicted molar refractivity (Wildman–Crippen MR) is 78.1 cm³/mol. The van der Waals surface area contributed by atoms with E-state index in [-0.39, 0.29) is 16.6 Å². The lowest BCUT2D eigenvalue weighted by atomic mass is 9.34. The lowest BCUT2D eigenvalue weighted by molar-refractivity contribution is -0.122. The number of rotatable bonds is 4. The Balaban J connectivity index is 1.71. The van der Waals surface area contributed by atoms with Crippen molar-refractivity contribution in [2.75, 3.05) is 5.75 Å². The third-order valence-corrected chi connectivity index (χ3v) is 6.09. The Labute approximate surface area is 119 Å². The van der Waals surface area contributed by atoms with Gasteiger partial charge < -0.3 is 0 Å². The van der Waals surface area contributed by atoms with Crippen LogP contribution in [-0.2, 0) is 14.5 Å². The summed E-state index contributed by atoms with van der Waals surface area (Å²) in [7, 11) is 2.01. The molecule has 4 rings (SSSR count). The van der Waals surface area contributed by atoms with Gasteiger partial charge in [0, 0.05) is 10.7 Å². The van der Waals surface area contributed by atoms with E-state index in [9.17, 15) is 8.42 Å². The molecule has 3 aliphatic rings. The largest absolute Gasteiger partial charge is 0.233 e. The Morgan fingerprint density at radius 2 is 1.68 bits per heavy atom. The quantitative estimate of drug-likeness (QED) is 0.792. The van der Waals surface area contributed by atoms with Crippen LogP contribution < -0.4 is 0 Å². The molecule has 0 atom stereocenters. The lowest BCUT2D eigenvalue weighted by Crippen LogP contribution is -2.66. The zero-order valence-electron chi connectivity index (χ0n) is 11.3. The Morgan fingerprint density at radius 3 is 2.11 bits per heavy atom. The lowest BCUT2D eigenvalue weighted by Gasteiger charge is -2.71. The summed E-state index contributed by atoms with van der Waals surface area (Å²) < 4.78 is 22.4. The van der Waals surface area contributed by atoms with Gasteiger partial charge in [0.1, 0.15) is 0 Å². The van der Waals surface area contributed by atoms with E-state index in [1.165, 1.54) is 11.1 Å². The van der Waals surface area contributed by atoms with Crippen LogP contribution in [0.5, 0.6) is 0 Å². The fraction of sp³-hybridized carbons (Fsp3) is 0.600. The molecule has 0 amide bonds. The molecule has 0 aromatic heterocycles. The Kier molecular flexibility index (Phi) is 2.82. The number of hydrogen-bond acceptors (Lipinski definition) is 2. The first-order valence-electron chi connectivity index (χ1n) is 6.77. The van der Waals surface area contributed by atoms with Crippen LogP contribution >= 0.6 is 10.7 Å². The average Bonchev–Trinajstić information content (AvgIpc) is 2.20. The molecule has 0 spiro atoms. The molecule has 0 N–H and O–H groups in total. The van der Waals surface area contributed by atoms with E-state index in [0.29, 0.717) is 5.92 Å². The molecule has 19 heavy (non-hydrogen) atoms. The molecule has 0 unspecified atom stereocenters. The van der Waals surface area contributed by atoms with E-state index in [4.69, 9.17) is 10.7 Å². The van der Waals surface area contributed by atoms with Crippen LogP contribution in [-0.4, -0.2) is 14.2 Å². The zero-order valence-corrected chi connectivity index (χ0v) is 12.9. The van der Waals surface area contributed by atoms with E-state index in [1.54, 1.807) is 0 Å². The van der Waals surface area contributed by atoms with Crippen molar-refractivity contribution in [3.8, 4) is 0 Å². The van der Waals surface area contributed by atoms with Crippen LogP contribution in [0, 0.1) is 5.41 Å². The second-order valence-corrected chi connectivity index (χ2v) is 9.55. The predicted octanol–water partition coefficient (Wildman–Crippen LogP) is 3.80. The summed E-state index contributed by atoms with van der Waals surface area (Å²) >= 11 is 0. The van der Waals surface area contributed by atoms with Gasteiger partial charge in [0.25, 0.3) is 0 Å². The molecular weight excluding hydrogens is 280 g/mol. The first kappa shape index (κ1) is 13.4. The summed E-state index contributed by atoms with van der Waals surface area (Å²) in [5.74, 6) is 0.697. The third-order valence-electron chi connectivity index (χ3n) is 4.81. The van der Waals surface area contributed by atoms with Crippen LogP contribution in [0.25, 0.3) is 0 Å². The fourth-order valence-electron chi connectivity index (χ4n) is 4.04.